The summed E-state index contributed by atoms with van der Waals surface area (Å²) in [5.74, 6) is 1.98. The molecule has 0 fully saturated rings. The number of aryl methyl sites for hydroxylation is 2. The Morgan fingerprint density at radius 1 is 0.500 bits per heavy atom. The second kappa shape index (κ2) is 13.6. The Kier molecular flexibility index (Phi) is 8.32. The molecule has 0 bridgehead atoms. The Morgan fingerprint density at radius 2 is 1.08 bits per heavy atom. The smallest absolute Gasteiger partial charge is 0.164 e. The molecule has 0 saturated heterocycles. The van der Waals surface area contributed by atoms with E-state index >= 15 is 0 Å². The Hall–Kier alpha value is -6.07. The molecule has 52 heavy (non-hydrogen) atoms. The lowest BCUT2D eigenvalue weighted by molar-refractivity contribution is 0.671. The first-order chi connectivity index (χ1) is 25.7. The topological polar surface area (TPSA) is 56.7 Å². The lowest BCUT2D eigenvalue weighted by Gasteiger charge is -2.11. The summed E-state index contributed by atoms with van der Waals surface area (Å²) >= 11 is 0. The number of para-hydroxylation sites is 1. The molecule has 0 N–H and O–H groups in total. The van der Waals surface area contributed by atoms with Gasteiger partial charge in [0.05, 0.1) is 16.4 Å². The SMILES string of the molecule is CCCCc1ccc(-c2nc(-c3ccccc3)nc(-c3ccc(-n4c5ccccc5c5c6oc7cc(CCCC)ccc7c6ccc54)cc3)n2)cc1. The highest BCUT2D eigenvalue weighted by Crippen LogP contribution is 2.41. The van der Waals surface area contributed by atoms with E-state index in [4.69, 9.17) is 19.4 Å². The summed E-state index contributed by atoms with van der Waals surface area (Å²) in [4.78, 5) is 14.9. The molecule has 254 valence electrons. The summed E-state index contributed by atoms with van der Waals surface area (Å²) in [6.07, 6.45) is 6.87. The molecule has 3 heterocycles. The number of aromatic nitrogens is 4. The predicted octanol–water partition coefficient (Wildman–Crippen LogP) is 12.6. The molecular formula is C47H40N4O. The molecule has 5 nitrogen and oxygen atoms in total. The van der Waals surface area contributed by atoms with Gasteiger partial charge in [-0.3, -0.25) is 0 Å². The van der Waals surface area contributed by atoms with Crippen molar-refractivity contribution in [3.8, 4) is 39.9 Å². The summed E-state index contributed by atoms with van der Waals surface area (Å²) in [6, 6.07) is 47.2. The van der Waals surface area contributed by atoms with Crippen LogP contribution >= 0.6 is 0 Å². The van der Waals surface area contributed by atoms with Gasteiger partial charge < -0.3 is 8.98 Å². The maximum absolute atomic E-state index is 6.70. The molecule has 0 unspecified atom stereocenters. The number of fused-ring (bicyclic) bond motifs is 7. The summed E-state index contributed by atoms with van der Waals surface area (Å²) in [7, 11) is 0. The zero-order valence-corrected chi connectivity index (χ0v) is 29.6. The van der Waals surface area contributed by atoms with Gasteiger partial charge in [-0.25, -0.2) is 15.0 Å². The fraction of sp³-hybridized carbons (Fsp3) is 0.170. The van der Waals surface area contributed by atoms with Crippen molar-refractivity contribution in [2.45, 2.75) is 52.4 Å². The van der Waals surface area contributed by atoms with E-state index in [2.05, 4.69) is 122 Å². The largest absolute Gasteiger partial charge is 0.455 e. The monoisotopic (exact) mass is 676 g/mol. The van der Waals surface area contributed by atoms with Crippen LogP contribution in [0.2, 0.25) is 0 Å². The van der Waals surface area contributed by atoms with E-state index in [-0.39, 0.29) is 0 Å². The van der Waals surface area contributed by atoms with Crippen LogP contribution in [-0.4, -0.2) is 19.5 Å². The van der Waals surface area contributed by atoms with Crippen LogP contribution in [0.4, 0.5) is 0 Å². The zero-order chi connectivity index (χ0) is 35.0. The highest BCUT2D eigenvalue weighted by Gasteiger charge is 2.19. The number of rotatable bonds is 10. The number of benzene rings is 6. The normalized spacial score (nSPS) is 11.7. The van der Waals surface area contributed by atoms with Crippen molar-refractivity contribution < 1.29 is 4.42 Å². The fourth-order valence-electron chi connectivity index (χ4n) is 7.46. The van der Waals surface area contributed by atoms with Crippen LogP contribution in [0.1, 0.15) is 50.7 Å². The summed E-state index contributed by atoms with van der Waals surface area (Å²) < 4.78 is 9.04. The molecule has 0 radical (unpaired) electrons. The Bertz CT molecular complexity index is 2690. The van der Waals surface area contributed by atoms with E-state index < -0.39 is 0 Å². The van der Waals surface area contributed by atoms with Crippen molar-refractivity contribution in [3.63, 3.8) is 0 Å². The highest BCUT2D eigenvalue weighted by atomic mass is 16.3. The molecule has 3 aromatic heterocycles. The van der Waals surface area contributed by atoms with Crippen molar-refractivity contribution in [2.75, 3.05) is 0 Å². The minimum absolute atomic E-state index is 0.648. The third-order valence-corrected chi connectivity index (χ3v) is 10.2. The fourth-order valence-corrected chi connectivity index (χ4v) is 7.46. The first kappa shape index (κ1) is 31.9. The second-order valence-corrected chi connectivity index (χ2v) is 13.7. The highest BCUT2D eigenvalue weighted by molar-refractivity contribution is 6.23. The maximum Gasteiger partial charge on any atom is 0.164 e. The summed E-state index contributed by atoms with van der Waals surface area (Å²) in [5.41, 5.74) is 10.7. The van der Waals surface area contributed by atoms with Crippen molar-refractivity contribution in [3.05, 3.63) is 145 Å². The molecule has 0 spiro atoms. The van der Waals surface area contributed by atoms with Gasteiger partial charge in [-0.15, -0.1) is 0 Å². The van der Waals surface area contributed by atoms with Gasteiger partial charge in [0.15, 0.2) is 17.5 Å². The summed E-state index contributed by atoms with van der Waals surface area (Å²) in [5, 5.41) is 4.63. The van der Waals surface area contributed by atoms with Crippen molar-refractivity contribution in [1.29, 1.82) is 0 Å². The third kappa shape index (κ3) is 5.72. The van der Waals surface area contributed by atoms with Gasteiger partial charge in [0, 0.05) is 38.5 Å². The van der Waals surface area contributed by atoms with E-state index in [1.807, 2.05) is 30.3 Å². The van der Waals surface area contributed by atoms with Crippen molar-refractivity contribution >= 4 is 43.7 Å². The van der Waals surface area contributed by atoms with Crippen molar-refractivity contribution in [2.24, 2.45) is 0 Å². The quantitative estimate of drug-likeness (QED) is 0.145. The molecule has 9 aromatic rings. The zero-order valence-electron chi connectivity index (χ0n) is 29.6. The van der Waals surface area contributed by atoms with Gasteiger partial charge in [-0.05, 0) is 85.3 Å². The van der Waals surface area contributed by atoms with Gasteiger partial charge in [0.1, 0.15) is 11.2 Å². The minimum Gasteiger partial charge on any atom is -0.455 e. The predicted molar refractivity (Wildman–Crippen MR) is 215 cm³/mol. The van der Waals surface area contributed by atoms with E-state index in [9.17, 15) is 0 Å². The van der Waals surface area contributed by atoms with Crippen molar-refractivity contribution in [1.82, 2.24) is 19.5 Å². The van der Waals surface area contributed by atoms with Crippen LogP contribution in [0, 0.1) is 0 Å². The molecule has 6 aromatic carbocycles. The van der Waals surface area contributed by atoms with Gasteiger partial charge in [-0.1, -0.05) is 112 Å². The van der Waals surface area contributed by atoms with E-state index in [1.165, 1.54) is 42.2 Å². The molecule has 0 aliphatic heterocycles. The second-order valence-electron chi connectivity index (χ2n) is 13.7. The average Bonchev–Trinajstić information content (AvgIpc) is 3.75. The first-order valence-corrected chi connectivity index (χ1v) is 18.6. The molecular weight excluding hydrogens is 637 g/mol. The molecule has 0 saturated carbocycles. The van der Waals surface area contributed by atoms with E-state index in [1.54, 1.807) is 0 Å². The lowest BCUT2D eigenvalue weighted by Crippen LogP contribution is -2.00. The molecule has 0 aliphatic rings. The Balaban J connectivity index is 1.14. The lowest BCUT2D eigenvalue weighted by atomic mass is 10.0. The molecule has 0 aliphatic carbocycles. The van der Waals surface area contributed by atoms with E-state index in [0.29, 0.717) is 17.5 Å². The first-order valence-electron chi connectivity index (χ1n) is 18.6. The van der Waals surface area contributed by atoms with Crippen LogP contribution in [0.5, 0.6) is 0 Å². The molecule has 0 amide bonds. The van der Waals surface area contributed by atoms with Crippen LogP contribution in [0.25, 0.3) is 83.6 Å². The van der Waals surface area contributed by atoms with E-state index in [0.717, 1.165) is 73.6 Å². The maximum atomic E-state index is 6.70. The van der Waals surface area contributed by atoms with Crippen LogP contribution in [0.15, 0.2) is 138 Å². The third-order valence-electron chi connectivity index (χ3n) is 10.2. The number of hydrogen-bond donors (Lipinski definition) is 0. The molecule has 0 atom stereocenters. The average molecular weight is 677 g/mol. The molecule has 9 rings (SSSR count). The van der Waals surface area contributed by atoms with Gasteiger partial charge in [-0.2, -0.15) is 0 Å². The standard InChI is InChI=1S/C47H40N4O/c1-3-5-12-31-18-21-34(22-19-31)46-48-45(33-14-8-7-9-15-33)49-47(50-46)35-23-25-36(26-24-35)51-40-17-11-10-16-39(40)43-41(51)29-28-38-37-27-20-32(13-6-4-2)30-42(37)52-44(38)43/h7-11,14-30H,3-6,12-13H2,1-2H3. The Morgan fingerprint density at radius 3 is 1.77 bits per heavy atom. The van der Waals surface area contributed by atoms with Gasteiger partial charge in [0.2, 0.25) is 0 Å². The molecule has 5 heteroatoms. The van der Waals surface area contributed by atoms with Crippen LogP contribution < -0.4 is 0 Å². The number of hydrogen-bond acceptors (Lipinski definition) is 4. The number of furan rings is 1. The Labute approximate surface area is 303 Å². The minimum atomic E-state index is 0.648. The van der Waals surface area contributed by atoms with Crippen LogP contribution in [0.3, 0.4) is 0 Å². The van der Waals surface area contributed by atoms with Gasteiger partial charge in [0.25, 0.3) is 0 Å². The van der Waals surface area contributed by atoms with Crippen LogP contribution in [-0.2, 0) is 12.8 Å². The summed E-state index contributed by atoms with van der Waals surface area (Å²) in [6.45, 7) is 4.46. The number of nitrogens with zero attached hydrogens (tertiary/aromatic N) is 4. The number of unbranched alkanes of at least 4 members (excludes halogenated alkanes) is 2. The van der Waals surface area contributed by atoms with Gasteiger partial charge >= 0.3 is 0 Å².